The highest BCUT2D eigenvalue weighted by Crippen LogP contribution is 2.34. The van der Waals surface area contributed by atoms with Crippen LogP contribution in [0.1, 0.15) is 59.2 Å². The summed E-state index contributed by atoms with van der Waals surface area (Å²) in [5, 5.41) is 12.0. The lowest BCUT2D eigenvalue weighted by molar-refractivity contribution is -0.147. The van der Waals surface area contributed by atoms with Crippen molar-refractivity contribution in [3.05, 3.63) is 18.0 Å². The van der Waals surface area contributed by atoms with Crippen LogP contribution in [0, 0.1) is 6.92 Å². The zero-order valence-corrected chi connectivity index (χ0v) is 19.6. The maximum Gasteiger partial charge on any atom is 0.306 e. The van der Waals surface area contributed by atoms with E-state index in [-0.39, 0.29) is 12.1 Å². The van der Waals surface area contributed by atoms with Crippen molar-refractivity contribution in [1.82, 2.24) is 19.6 Å². The first-order valence-corrected chi connectivity index (χ1v) is 11.3. The second kappa shape index (κ2) is 11.0. The fourth-order valence-electron chi connectivity index (χ4n) is 3.54. The largest absolute Gasteiger partial charge is 0.490 e. The molecular formula is C23H33N5O4. The highest BCUT2D eigenvalue weighted by atomic mass is 16.5. The zero-order chi connectivity index (χ0) is 23.1. The van der Waals surface area contributed by atoms with Gasteiger partial charge >= 0.3 is 5.97 Å². The van der Waals surface area contributed by atoms with E-state index in [1.165, 1.54) is 0 Å². The predicted molar refractivity (Wildman–Crippen MR) is 124 cm³/mol. The van der Waals surface area contributed by atoms with Crippen molar-refractivity contribution in [1.29, 1.82) is 0 Å². The van der Waals surface area contributed by atoms with Gasteiger partial charge in [0.1, 0.15) is 5.82 Å². The molecule has 1 N–H and O–H groups in total. The van der Waals surface area contributed by atoms with Gasteiger partial charge in [0.05, 0.1) is 30.4 Å². The third kappa shape index (κ3) is 5.57. The van der Waals surface area contributed by atoms with Crippen LogP contribution in [-0.4, -0.2) is 51.4 Å². The van der Waals surface area contributed by atoms with E-state index >= 15 is 0 Å². The number of nitrogens with one attached hydrogen (secondary N) is 1. The van der Waals surface area contributed by atoms with E-state index in [1.54, 1.807) is 0 Å². The van der Waals surface area contributed by atoms with Crippen molar-refractivity contribution >= 4 is 28.5 Å². The Balaban J connectivity index is 1.75. The number of rotatable bonds is 12. The van der Waals surface area contributed by atoms with E-state index in [2.05, 4.69) is 15.5 Å². The number of esters is 1. The van der Waals surface area contributed by atoms with Crippen LogP contribution in [0.15, 0.2) is 12.1 Å². The Kier molecular flexibility index (Phi) is 8.08. The van der Waals surface area contributed by atoms with Gasteiger partial charge in [0.2, 0.25) is 5.65 Å². The minimum Gasteiger partial charge on any atom is -0.490 e. The molecular weight excluding hydrogens is 410 g/mol. The second-order valence-corrected chi connectivity index (χ2v) is 7.80. The normalized spacial score (nSPS) is 11.3. The molecule has 9 nitrogen and oxygen atoms in total. The highest BCUT2D eigenvalue weighted by molar-refractivity contribution is 5.85. The second-order valence-electron chi connectivity index (χ2n) is 7.80. The molecule has 0 saturated heterocycles. The lowest BCUT2D eigenvalue weighted by Gasteiger charge is -2.14. The molecule has 0 saturated carbocycles. The summed E-state index contributed by atoms with van der Waals surface area (Å²) in [4.78, 5) is 16.4. The summed E-state index contributed by atoms with van der Waals surface area (Å²) < 4.78 is 18.7. The minimum atomic E-state index is -0.138. The average molecular weight is 444 g/mol. The van der Waals surface area contributed by atoms with Gasteiger partial charge < -0.3 is 19.5 Å². The molecule has 0 unspecified atom stereocenters. The minimum absolute atomic E-state index is 0.0648. The molecule has 1 aromatic carbocycles. The Hall–Kier alpha value is -3.10. The quantitative estimate of drug-likeness (QED) is 0.327. The molecule has 0 spiro atoms. The van der Waals surface area contributed by atoms with Crippen LogP contribution in [0.25, 0.3) is 16.7 Å². The molecule has 0 fully saturated rings. The van der Waals surface area contributed by atoms with Crippen LogP contribution >= 0.6 is 0 Å². The van der Waals surface area contributed by atoms with E-state index in [9.17, 15) is 4.79 Å². The van der Waals surface area contributed by atoms with E-state index in [4.69, 9.17) is 19.2 Å². The molecule has 0 bridgehead atoms. The number of ether oxygens (including phenoxy) is 3. The molecule has 0 amide bonds. The number of aromatic nitrogens is 4. The molecule has 174 valence electrons. The number of fused-ring (bicyclic) bond motifs is 3. The van der Waals surface area contributed by atoms with Crippen LogP contribution in [-0.2, 0) is 9.53 Å². The number of hydrogen-bond donors (Lipinski definition) is 1. The summed E-state index contributed by atoms with van der Waals surface area (Å²) in [6, 6.07) is 3.83. The van der Waals surface area contributed by atoms with E-state index in [1.807, 2.05) is 51.2 Å². The Morgan fingerprint density at radius 3 is 2.47 bits per heavy atom. The summed E-state index contributed by atoms with van der Waals surface area (Å²) >= 11 is 0. The van der Waals surface area contributed by atoms with Gasteiger partial charge in [0.25, 0.3) is 0 Å². The standard InChI is InChI=1S/C23H33N5O4/c1-6-30-19-13-17-18(14-20(19)31-7-2)28-16(5)26-27-23(28)22(25-17)24-12-10-8-9-11-21(29)32-15(3)4/h13-15H,6-12H2,1-5H3,(H,24,25). The van der Waals surface area contributed by atoms with Crippen molar-refractivity contribution < 1.29 is 19.0 Å². The van der Waals surface area contributed by atoms with Crippen LogP contribution in [0.2, 0.25) is 0 Å². The van der Waals surface area contributed by atoms with Gasteiger partial charge in [0.15, 0.2) is 17.3 Å². The third-order valence-corrected chi connectivity index (χ3v) is 4.87. The Morgan fingerprint density at radius 1 is 1.06 bits per heavy atom. The topological polar surface area (TPSA) is 99.9 Å². The van der Waals surface area contributed by atoms with Gasteiger partial charge in [-0.05, 0) is 47.5 Å². The highest BCUT2D eigenvalue weighted by Gasteiger charge is 2.16. The SMILES string of the molecule is CCOc1cc2nc(NCCCCCC(=O)OC(C)C)c3nnc(C)n3c2cc1OCC. The van der Waals surface area contributed by atoms with Crippen molar-refractivity contribution in [2.75, 3.05) is 25.1 Å². The molecule has 2 heterocycles. The Morgan fingerprint density at radius 2 is 1.78 bits per heavy atom. The molecule has 3 aromatic rings. The van der Waals surface area contributed by atoms with Crippen molar-refractivity contribution in [2.24, 2.45) is 0 Å². The zero-order valence-electron chi connectivity index (χ0n) is 19.6. The molecule has 9 heteroatoms. The van der Waals surface area contributed by atoms with Crippen molar-refractivity contribution in [2.45, 2.75) is 66.4 Å². The number of hydrogen-bond acceptors (Lipinski definition) is 8. The monoisotopic (exact) mass is 443 g/mol. The van der Waals surface area contributed by atoms with Gasteiger partial charge in [0, 0.05) is 25.1 Å². The van der Waals surface area contributed by atoms with Crippen molar-refractivity contribution in [3.63, 3.8) is 0 Å². The van der Waals surface area contributed by atoms with Gasteiger partial charge in [-0.3, -0.25) is 9.20 Å². The molecule has 3 rings (SSSR count). The fourth-order valence-corrected chi connectivity index (χ4v) is 3.54. The smallest absolute Gasteiger partial charge is 0.306 e. The first kappa shape index (κ1) is 23.6. The number of benzene rings is 1. The number of carbonyl (C=O) groups is 1. The van der Waals surface area contributed by atoms with Crippen LogP contribution < -0.4 is 14.8 Å². The molecule has 0 aliphatic rings. The molecule has 0 radical (unpaired) electrons. The third-order valence-electron chi connectivity index (χ3n) is 4.87. The van der Waals surface area contributed by atoms with E-state index in [0.29, 0.717) is 49.1 Å². The number of carbonyl (C=O) groups excluding carboxylic acids is 1. The van der Waals surface area contributed by atoms with E-state index < -0.39 is 0 Å². The van der Waals surface area contributed by atoms with Gasteiger partial charge in [-0.15, -0.1) is 10.2 Å². The predicted octanol–water partition coefficient (Wildman–Crippen LogP) is 4.31. The van der Waals surface area contributed by atoms with Crippen LogP contribution in [0.5, 0.6) is 11.5 Å². The number of anilines is 1. The number of aryl methyl sites for hydroxylation is 1. The summed E-state index contributed by atoms with van der Waals surface area (Å²) in [7, 11) is 0. The Labute approximate surface area is 188 Å². The first-order valence-electron chi connectivity index (χ1n) is 11.3. The number of unbranched alkanes of at least 4 members (excludes halogenated alkanes) is 2. The Bertz CT molecular complexity index is 1060. The first-order chi connectivity index (χ1) is 15.4. The summed E-state index contributed by atoms with van der Waals surface area (Å²) in [6.45, 7) is 11.3. The van der Waals surface area contributed by atoms with Gasteiger partial charge in [-0.2, -0.15) is 0 Å². The summed E-state index contributed by atoms with van der Waals surface area (Å²) in [6.07, 6.45) is 3.01. The average Bonchev–Trinajstić information content (AvgIpc) is 3.13. The van der Waals surface area contributed by atoms with Crippen LogP contribution in [0.4, 0.5) is 5.82 Å². The molecule has 0 aliphatic carbocycles. The van der Waals surface area contributed by atoms with Gasteiger partial charge in [-0.25, -0.2) is 4.98 Å². The van der Waals surface area contributed by atoms with Crippen LogP contribution in [0.3, 0.4) is 0 Å². The maximum atomic E-state index is 11.6. The lowest BCUT2D eigenvalue weighted by atomic mass is 10.2. The fraction of sp³-hybridized carbons (Fsp3) is 0.565. The summed E-state index contributed by atoms with van der Waals surface area (Å²) in [5.74, 6) is 2.64. The van der Waals surface area contributed by atoms with Crippen molar-refractivity contribution in [3.8, 4) is 11.5 Å². The summed E-state index contributed by atoms with van der Waals surface area (Å²) in [5.41, 5.74) is 2.30. The lowest BCUT2D eigenvalue weighted by Crippen LogP contribution is -2.11. The molecule has 32 heavy (non-hydrogen) atoms. The molecule has 2 aromatic heterocycles. The van der Waals surface area contributed by atoms with Gasteiger partial charge in [-0.1, -0.05) is 6.42 Å². The number of nitrogens with zero attached hydrogens (tertiary/aromatic N) is 4. The molecule has 0 aliphatic heterocycles. The molecule has 0 atom stereocenters. The van der Waals surface area contributed by atoms with E-state index in [0.717, 1.165) is 36.1 Å². The maximum absolute atomic E-state index is 11.6.